The van der Waals surface area contributed by atoms with E-state index in [0.29, 0.717) is 5.31 Å². The topological polar surface area (TPSA) is 46.5 Å². The maximum atomic E-state index is 13.3. The molecule has 0 bridgehead atoms. The van der Waals surface area contributed by atoms with E-state index in [4.69, 9.17) is 4.52 Å². The molecule has 145 valence electrons. The minimum atomic E-state index is -3.92. The number of hydrogen-bond acceptors (Lipinski definition) is 2. The zero-order chi connectivity index (χ0) is 18.5. The standard InChI is InChI=1S/C20H20O3PSi.2ClH.Ti/c1-25(2)19-13-16-9-5-6-10-18(16)20(19)23-24(21,22)17-11-14-7-3-4-8-15(14)12-17;;;/h3-13,20,25H,1-2H3,(H,21,22);2*1H;/q;;;+2/p-2. The maximum Gasteiger partial charge on any atom is -1.00 e. The van der Waals surface area contributed by atoms with Crippen molar-refractivity contribution < 1.29 is 59.2 Å². The number of fused-ring (bicyclic) bond motifs is 2. The van der Waals surface area contributed by atoms with Gasteiger partial charge in [-0.15, -0.1) is 0 Å². The van der Waals surface area contributed by atoms with Crippen LogP contribution < -0.4 is 24.8 Å². The van der Waals surface area contributed by atoms with Crippen LogP contribution in [0, 0.1) is 0 Å². The van der Waals surface area contributed by atoms with Crippen LogP contribution in [0.2, 0.25) is 13.1 Å². The van der Waals surface area contributed by atoms with E-state index in [1.165, 1.54) is 5.20 Å². The van der Waals surface area contributed by atoms with Crippen molar-refractivity contribution in [1.29, 1.82) is 0 Å². The number of halogens is 2. The summed E-state index contributed by atoms with van der Waals surface area (Å²) in [4.78, 5) is 10.9. The smallest absolute Gasteiger partial charge is 1.00 e. The number of benzene rings is 2. The van der Waals surface area contributed by atoms with Gasteiger partial charge in [0.1, 0.15) is 0 Å². The van der Waals surface area contributed by atoms with Gasteiger partial charge in [-0.1, -0.05) is 0 Å². The summed E-state index contributed by atoms with van der Waals surface area (Å²) in [7, 11) is -5.10. The SMILES string of the molecule is C[SiH](C)C1=Cc2ccccc2C1OP(=O)(O)C1=Cc2ccccc2[CH]1[Ti+2].[Cl-].[Cl-]. The first-order valence-corrected chi connectivity index (χ1v) is 14.1. The van der Waals surface area contributed by atoms with Gasteiger partial charge < -0.3 is 24.8 Å². The number of rotatable bonds is 4. The molecule has 28 heavy (non-hydrogen) atoms. The summed E-state index contributed by atoms with van der Waals surface area (Å²) in [6.45, 7) is 4.45. The van der Waals surface area contributed by atoms with Gasteiger partial charge in [-0.05, 0) is 0 Å². The Morgan fingerprint density at radius 3 is 2.07 bits per heavy atom. The molecule has 0 saturated heterocycles. The summed E-state index contributed by atoms with van der Waals surface area (Å²) < 4.78 is 19.2. The van der Waals surface area contributed by atoms with Gasteiger partial charge in [0.2, 0.25) is 0 Å². The number of hydrogen-bond donors (Lipinski definition) is 1. The summed E-state index contributed by atoms with van der Waals surface area (Å²) in [5, 5.41) is 1.68. The van der Waals surface area contributed by atoms with Crippen LogP contribution in [-0.2, 0) is 29.5 Å². The predicted octanol–water partition coefficient (Wildman–Crippen LogP) is -0.997. The molecule has 2 aliphatic carbocycles. The Balaban J connectivity index is 0.00000140. The third-order valence-electron chi connectivity index (χ3n) is 5.05. The molecule has 8 heteroatoms. The third-order valence-corrected chi connectivity index (χ3v) is 9.74. The van der Waals surface area contributed by atoms with E-state index in [-0.39, 0.29) is 29.0 Å². The summed E-state index contributed by atoms with van der Waals surface area (Å²) in [6.07, 6.45) is 3.57. The molecule has 2 aromatic carbocycles. The molecule has 2 aliphatic rings. The molecule has 0 radical (unpaired) electrons. The molecule has 1 N–H and O–H groups in total. The van der Waals surface area contributed by atoms with Crippen LogP contribution in [0.1, 0.15) is 32.6 Å². The van der Waals surface area contributed by atoms with Crippen LogP contribution >= 0.6 is 7.60 Å². The van der Waals surface area contributed by atoms with Crippen LogP contribution in [0.25, 0.3) is 12.2 Å². The molecule has 0 aromatic heterocycles. The van der Waals surface area contributed by atoms with Crippen LogP contribution in [0.3, 0.4) is 0 Å². The van der Waals surface area contributed by atoms with Gasteiger partial charge in [-0.3, -0.25) is 0 Å². The molecule has 2 aromatic rings. The van der Waals surface area contributed by atoms with Crippen molar-refractivity contribution in [2.75, 3.05) is 0 Å². The average Bonchev–Trinajstić information content (AvgIpc) is 3.14. The Kier molecular flexibility index (Phi) is 7.80. The Labute approximate surface area is 191 Å². The van der Waals surface area contributed by atoms with Crippen molar-refractivity contribution in [3.05, 3.63) is 81.3 Å². The van der Waals surface area contributed by atoms with Crippen LogP contribution in [0.15, 0.2) is 59.0 Å². The van der Waals surface area contributed by atoms with E-state index >= 15 is 0 Å². The normalized spacial score (nSPS) is 21.6. The largest absolute Gasteiger partial charge is 1.00 e. The first-order chi connectivity index (χ1) is 12.4. The summed E-state index contributed by atoms with van der Waals surface area (Å²) in [5.74, 6) is 0. The van der Waals surface area contributed by atoms with Crippen molar-refractivity contribution in [3.63, 3.8) is 0 Å². The van der Waals surface area contributed by atoms with Crippen molar-refractivity contribution in [3.8, 4) is 0 Å². The van der Waals surface area contributed by atoms with Gasteiger partial charge in [0.15, 0.2) is 0 Å². The second-order valence-electron chi connectivity index (χ2n) is 7.06. The first-order valence-electron chi connectivity index (χ1n) is 8.72. The molecule has 4 rings (SSSR count). The van der Waals surface area contributed by atoms with E-state index in [1.807, 2.05) is 75.0 Å². The van der Waals surface area contributed by atoms with Crippen molar-refractivity contribution in [2.45, 2.75) is 23.4 Å². The fraction of sp³-hybridized carbons (Fsp3) is 0.200. The number of allylic oxidation sites excluding steroid dienone is 1. The minimum Gasteiger partial charge on any atom is -1.00 e. The zero-order valence-electron chi connectivity index (χ0n) is 15.5. The molecule has 0 spiro atoms. The summed E-state index contributed by atoms with van der Waals surface area (Å²) in [5.41, 5.74) is 4.20. The quantitative estimate of drug-likeness (QED) is 0.446. The van der Waals surface area contributed by atoms with E-state index < -0.39 is 22.5 Å². The van der Waals surface area contributed by atoms with Crippen molar-refractivity contribution in [1.82, 2.24) is 0 Å². The Bertz CT molecular complexity index is 993. The molecular formula is C20H20Cl2O3PSiTi. The molecule has 3 unspecified atom stereocenters. The molecule has 0 fully saturated rings. The van der Waals surface area contributed by atoms with Crippen molar-refractivity contribution >= 4 is 28.5 Å². The van der Waals surface area contributed by atoms with E-state index in [1.54, 1.807) is 0 Å². The summed E-state index contributed by atoms with van der Waals surface area (Å²) >= 11 is 1.97. The Morgan fingerprint density at radius 1 is 0.964 bits per heavy atom. The maximum absolute atomic E-state index is 13.3. The second kappa shape index (κ2) is 9.16. The van der Waals surface area contributed by atoms with E-state index in [9.17, 15) is 9.46 Å². The second-order valence-corrected chi connectivity index (χ2v) is 12.7. The van der Waals surface area contributed by atoms with Gasteiger partial charge in [0.25, 0.3) is 0 Å². The van der Waals surface area contributed by atoms with E-state index in [2.05, 4.69) is 19.2 Å². The molecule has 0 heterocycles. The monoisotopic (exact) mass is 485 g/mol. The van der Waals surface area contributed by atoms with Gasteiger partial charge in [0, 0.05) is 0 Å². The van der Waals surface area contributed by atoms with Crippen LogP contribution in [0.5, 0.6) is 0 Å². The molecular weight excluding hydrogens is 466 g/mol. The Hall–Kier alpha value is -0.419. The molecule has 0 amide bonds. The molecule has 3 atom stereocenters. The van der Waals surface area contributed by atoms with E-state index in [0.717, 1.165) is 22.3 Å². The molecule has 3 nitrogen and oxygen atoms in total. The minimum absolute atomic E-state index is 0. The van der Waals surface area contributed by atoms with Gasteiger partial charge in [-0.2, -0.15) is 0 Å². The molecule has 0 aliphatic heterocycles. The summed E-state index contributed by atoms with van der Waals surface area (Å²) in [6, 6.07) is 15.9. The van der Waals surface area contributed by atoms with Crippen molar-refractivity contribution in [2.24, 2.45) is 0 Å². The fourth-order valence-corrected chi connectivity index (χ4v) is 7.85. The van der Waals surface area contributed by atoms with Crippen LogP contribution in [-0.4, -0.2) is 13.7 Å². The fourth-order valence-electron chi connectivity index (χ4n) is 3.66. The molecule has 0 saturated carbocycles. The van der Waals surface area contributed by atoms with Gasteiger partial charge in [-0.25, -0.2) is 0 Å². The van der Waals surface area contributed by atoms with Gasteiger partial charge >= 0.3 is 168 Å². The first kappa shape index (κ1) is 23.9. The average molecular weight is 486 g/mol. The van der Waals surface area contributed by atoms with Crippen LogP contribution in [0.4, 0.5) is 0 Å². The van der Waals surface area contributed by atoms with Gasteiger partial charge in [0.05, 0.1) is 0 Å². The predicted molar refractivity (Wildman–Crippen MR) is 104 cm³/mol. The third kappa shape index (κ3) is 4.21. The zero-order valence-corrected chi connectivity index (χ0v) is 20.6. The Morgan fingerprint density at radius 2 is 1.50 bits per heavy atom.